The lowest BCUT2D eigenvalue weighted by Gasteiger charge is -2.18. The van der Waals surface area contributed by atoms with Gasteiger partial charge in [0.25, 0.3) is 0 Å². The molecule has 10 nitrogen and oxygen atoms in total. The van der Waals surface area contributed by atoms with E-state index in [1.807, 2.05) is 0 Å². The Morgan fingerprint density at radius 3 is 1.89 bits per heavy atom. The van der Waals surface area contributed by atoms with Crippen LogP contribution in [-0.2, 0) is 18.2 Å². The summed E-state index contributed by atoms with van der Waals surface area (Å²) in [4.78, 5) is 30.2. The zero-order valence-corrected chi connectivity index (χ0v) is 28.5. The molecule has 2 heterocycles. The highest BCUT2D eigenvalue weighted by Crippen LogP contribution is 2.48. The zero-order valence-electron chi connectivity index (χ0n) is 23.7. The summed E-state index contributed by atoms with van der Waals surface area (Å²) in [7, 11) is -6.53. The summed E-state index contributed by atoms with van der Waals surface area (Å²) in [6.45, 7) is 6.45. The number of carbonyl (C=O) groups excluding carboxylic acids is 2. The number of aromatic hydroxyl groups is 2. The van der Waals surface area contributed by atoms with Gasteiger partial charge in [-0.2, -0.15) is 0 Å². The molecule has 2 aromatic carbocycles. The van der Waals surface area contributed by atoms with Gasteiger partial charge in [-0.25, -0.2) is 0 Å². The van der Waals surface area contributed by atoms with Gasteiger partial charge >= 0.3 is 7.60 Å². The summed E-state index contributed by atoms with van der Waals surface area (Å²) in [6, 6.07) is 8.85. The molecule has 4 rings (SSSR count). The van der Waals surface area contributed by atoms with E-state index in [0.717, 1.165) is 10.6 Å². The summed E-state index contributed by atoms with van der Waals surface area (Å²) in [6.07, 6.45) is 0. The van der Waals surface area contributed by atoms with E-state index in [1.165, 1.54) is 49.7 Å². The van der Waals surface area contributed by atoms with Crippen LogP contribution >= 0.6 is 61.1 Å². The molecule has 44 heavy (non-hydrogen) atoms. The van der Waals surface area contributed by atoms with Gasteiger partial charge in [0.15, 0.2) is 0 Å². The first-order valence-electron chi connectivity index (χ1n) is 12.9. The van der Waals surface area contributed by atoms with E-state index in [0.29, 0.717) is 5.30 Å². The van der Waals surface area contributed by atoms with Gasteiger partial charge in [-0.15, -0.1) is 0 Å². The number of carbonyl (C=O) groups is 2. The van der Waals surface area contributed by atoms with E-state index in [4.69, 9.17) is 55.5 Å². The van der Waals surface area contributed by atoms with E-state index in [-0.39, 0.29) is 67.1 Å². The molecule has 0 unspecified atom stereocenters. The molecule has 4 aromatic rings. The van der Waals surface area contributed by atoms with Gasteiger partial charge in [-0.05, 0) is 63.6 Å². The quantitative estimate of drug-likeness (QED) is 0.107. The fraction of sp³-hybridized carbons (Fsp3) is 0.214. The second-order valence-corrected chi connectivity index (χ2v) is 16.5. The van der Waals surface area contributed by atoms with E-state index in [9.17, 15) is 28.9 Å². The number of benzene rings is 2. The molecule has 0 amide bonds. The normalized spacial score (nSPS) is 12.1. The molecule has 0 spiro atoms. The lowest BCUT2D eigenvalue weighted by Crippen LogP contribution is -2.15. The average Bonchev–Trinajstić information content (AvgIpc) is 3.41. The van der Waals surface area contributed by atoms with Gasteiger partial charge in [0, 0.05) is 5.30 Å². The maximum absolute atomic E-state index is 13.8. The van der Waals surface area contributed by atoms with Crippen molar-refractivity contribution < 1.29 is 38.0 Å². The molecule has 0 aliphatic heterocycles. The van der Waals surface area contributed by atoms with Crippen LogP contribution in [0.15, 0.2) is 42.5 Å². The molecule has 0 saturated carbocycles. The Balaban J connectivity index is 1.85. The lowest BCUT2D eigenvalue weighted by molar-refractivity contribution is 0.101. The Labute approximate surface area is 272 Å². The number of hydrogen-bond donors (Lipinski definition) is 3. The van der Waals surface area contributed by atoms with E-state index in [1.54, 1.807) is 13.8 Å². The minimum atomic E-state index is -3.78. The maximum atomic E-state index is 13.8. The predicted octanol–water partition coefficient (Wildman–Crippen LogP) is 7.43. The summed E-state index contributed by atoms with van der Waals surface area (Å²) in [5.41, 5.74) is -1.04. The monoisotopic (exact) mass is 720 g/mol. The summed E-state index contributed by atoms with van der Waals surface area (Å²) < 4.78 is 37.4. The first kappa shape index (κ1) is 34.4. The van der Waals surface area contributed by atoms with Crippen LogP contribution in [0.1, 0.15) is 46.0 Å². The van der Waals surface area contributed by atoms with Gasteiger partial charge in [0.05, 0.1) is 46.0 Å². The second kappa shape index (κ2) is 13.1. The molecule has 3 N–H and O–H groups in total. The Morgan fingerprint density at radius 2 is 1.36 bits per heavy atom. The van der Waals surface area contributed by atoms with Crippen molar-refractivity contribution in [1.82, 2.24) is 9.55 Å². The predicted molar refractivity (Wildman–Crippen MR) is 173 cm³/mol. The van der Waals surface area contributed by atoms with Gasteiger partial charge in [0.2, 0.25) is 11.6 Å². The number of phenolic OH excluding ortho intramolecular Hbond substituents is 2. The molecule has 0 saturated heterocycles. The third-order valence-electron chi connectivity index (χ3n) is 6.44. The van der Waals surface area contributed by atoms with Crippen LogP contribution in [0.4, 0.5) is 0 Å². The minimum Gasteiger partial charge on any atom is -0.507 e. The first-order chi connectivity index (χ1) is 20.5. The van der Waals surface area contributed by atoms with Crippen LogP contribution in [0.3, 0.4) is 0 Å². The van der Waals surface area contributed by atoms with Gasteiger partial charge in [-0.1, -0.05) is 52.5 Å². The Hall–Kier alpha value is -2.52. The molecule has 16 heteroatoms. The fourth-order valence-corrected chi connectivity index (χ4v) is 7.67. The van der Waals surface area contributed by atoms with Crippen molar-refractivity contribution in [2.45, 2.75) is 13.8 Å². The van der Waals surface area contributed by atoms with Crippen molar-refractivity contribution in [1.29, 1.82) is 0 Å². The van der Waals surface area contributed by atoms with Crippen LogP contribution in [0.5, 0.6) is 11.5 Å². The average molecular weight is 722 g/mol. The Morgan fingerprint density at radius 1 is 0.841 bits per heavy atom. The van der Waals surface area contributed by atoms with E-state index < -0.39 is 37.8 Å². The molecule has 0 bridgehead atoms. The van der Waals surface area contributed by atoms with Crippen molar-refractivity contribution in [3.63, 3.8) is 0 Å². The van der Waals surface area contributed by atoms with Crippen LogP contribution in [0.2, 0.25) is 20.4 Å². The summed E-state index contributed by atoms with van der Waals surface area (Å²) >= 11 is 25.6. The number of aromatic amines is 1. The topological polar surface area (TPSA) is 148 Å². The van der Waals surface area contributed by atoms with Gasteiger partial charge in [-0.3, -0.25) is 18.7 Å². The second-order valence-electron chi connectivity index (χ2n) is 9.73. The van der Waals surface area contributed by atoms with Crippen LogP contribution in [0, 0.1) is 0 Å². The number of nitrogens with one attached hydrogen (secondary N) is 1. The lowest BCUT2D eigenvalue weighted by atomic mass is 10.1. The van der Waals surface area contributed by atoms with Gasteiger partial charge < -0.3 is 28.8 Å². The third kappa shape index (κ3) is 6.41. The number of rotatable bonds is 11. The highest BCUT2D eigenvalue weighted by molar-refractivity contribution is 7.70. The molecular formula is C28H26Cl4N2O8P2. The smallest absolute Gasteiger partial charge is 0.361 e. The van der Waals surface area contributed by atoms with Crippen LogP contribution in [-0.4, -0.2) is 57.9 Å². The van der Waals surface area contributed by atoms with Crippen molar-refractivity contribution >= 4 is 83.3 Å². The van der Waals surface area contributed by atoms with Crippen LogP contribution in [0.25, 0.3) is 5.69 Å². The van der Waals surface area contributed by atoms with Crippen molar-refractivity contribution in [3.05, 3.63) is 85.3 Å². The highest BCUT2D eigenvalue weighted by atomic mass is 35.5. The van der Waals surface area contributed by atoms with E-state index >= 15 is 0 Å². The maximum Gasteiger partial charge on any atom is 0.361 e. The SMILES string of the molecule is CCOP(=O)(OCC)c1ccc(C(=O)c2cc(Cl)c(Cl)n2-c2c(C(=O)c3ccc(P(C)(C)=O)cc3O)[nH]c(Cl)c2Cl)c(O)c1. The minimum absolute atomic E-state index is 0.0309. The number of aromatic nitrogens is 2. The van der Waals surface area contributed by atoms with Crippen molar-refractivity contribution in [2.75, 3.05) is 26.5 Å². The Bertz CT molecular complexity index is 1890. The number of nitrogens with zero attached hydrogens (tertiary/aromatic N) is 1. The fourth-order valence-electron chi connectivity index (χ4n) is 4.38. The van der Waals surface area contributed by atoms with Crippen molar-refractivity contribution in [2.24, 2.45) is 0 Å². The molecule has 0 atom stereocenters. The largest absolute Gasteiger partial charge is 0.507 e. The summed E-state index contributed by atoms with van der Waals surface area (Å²) in [5.74, 6) is -2.57. The van der Waals surface area contributed by atoms with E-state index in [2.05, 4.69) is 4.98 Å². The molecule has 234 valence electrons. The molecule has 0 radical (unpaired) electrons. The number of H-pyrrole nitrogens is 1. The first-order valence-corrected chi connectivity index (χ1v) is 18.6. The molecule has 0 aliphatic carbocycles. The molecular weight excluding hydrogens is 696 g/mol. The highest BCUT2D eigenvalue weighted by Gasteiger charge is 2.32. The number of hydrogen-bond acceptors (Lipinski definition) is 8. The van der Waals surface area contributed by atoms with Gasteiger partial charge in [0.1, 0.15) is 39.7 Å². The zero-order chi connectivity index (χ0) is 32.7. The third-order valence-corrected chi connectivity index (χ3v) is 11.6. The summed E-state index contributed by atoms with van der Waals surface area (Å²) in [5, 5.41) is 21.2. The molecule has 0 fully saturated rings. The van der Waals surface area contributed by atoms with Crippen molar-refractivity contribution in [3.8, 4) is 17.2 Å². The number of halogens is 4. The Kier molecular flexibility index (Phi) is 10.2. The number of phenols is 2. The van der Waals surface area contributed by atoms with Crippen LogP contribution < -0.4 is 10.6 Å². The molecule has 0 aliphatic rings. The standard InChI is InChI=1S/C28H26Cl4N2O8P2/c1-5-41-44(40,42-6-2)15-8-10-16(21(36)12-15)25(37)19-13-18(29)28(32)34(19)24-22(30)27(31)33-23(24)26(38)17-9-7-14(11-20(17)35)43(3,4)39/h7-13,33,35-36H,5-6H2,1-4H3. The molecule has 2 aromatic heterocycles. The number of ketones is 2.